The zero-order chi connectivity index (χ0) is 13.7. The van der Waals surface area contributed by atoms with Gasteiger partial charge in [0.2, 0.25) is 0 Å². The summed E-state index contributed by atoms with van der Waals surface area (Å²) in [5, 5.41) is 0. The molecule has 0 spiro atoms. The molecule has 0 unspecified atom stereocenters. The summed E-state index contributed by atoms with van der Waals surface area (Å²) in [5.74, 6) is 0.653. The summed E-state index contributed by atoms with van der Waals surface area (Å²) in [6.07, 6.45) is 0. The van der Waals surface area contributed by atoms with Crippen molar-refractivity contribution < 1.29 is 0 Å². The maximum absolute atomic E-state index is 5.82. The van der Waals surface area contributed by atoms with Gasteiger partial charge in [0.15, 0.2) is 0 Å². The zero-order valence-electron chi connectivity index (χ0n) is 11.8. The average Bonchev–Trinajstić information content (AvgIpc) is 2.24. The van der Waals surface area contributed by atoms with Gasteiger partial charge in [-0.1, -0.05) is 13.8 Å². The lowest BCUT2D eigenvalue weighted by Crippen LogP contribution is -2.34. The summed E-state index contributed by atoms with van der Waals surface area (Å²) < 4.78 is 1.23. The molecule has 0 aromatic heterocycles. The second-order valence-electron chi connectivity index (χ2n) is 5.35. The Morgan fingerprint density at radius 3 is 2.39 bits per heavy atom. The van der Waals surface area contributed by atoms with Crippen molar-refractivity contribution >= 4 is 34.0 Å². The number of hydrogen-bond acceptors (Lipinski definition) is 3. The van der Waals surface area contributed by atoms with Crippen molar-refractivity contribution in [1.29, 1.82) is 0 Å². The Labute approximate surface area is 124 Å². The number of nitrogens with zero attached hydrogens (tertiary/aromatic N) is 2. The van der Waals surface area contributed by atoms with Gasteiger partial charge in [-0.3, -0.25) is 0 Å². The van der Waals surface area contributed by atoms with E-state index in [1.165, 1.54) is 9.26 Å². The highest BCUT2D eigenvalue weighted by Crippen LogP contribution is 2.25. The molecule has 102 valence electrons. The van der Waals surface area contributed by atoms with Gasteiger partial charge in [0.05, 0.1) is 5.69 Å². The topological polar surface area (TPSA) is 32.5 Å². The summed E-state index contributed by atoms with van der Waals surface area (Å²) in [4.78, 5) is 4.67. The molecule has 0 atom stereocenters. The highest BCUT2D eigenvalue weighted by atomic mass is 127. The average molecular weight is 361 g/mol. The third kappa shape index (κ3) is 5.02. The fourth-order valence-corrected chi connectivity index (χ4v) is 2.73. The van der Waals surface area contributed by atoms with Crippen LogP contribution in [-0.2, 0) is 0 Å². The number of anilines is 2. The normalized spacial score (nSPS) is 11.3. The van der Waals surface area contributed by atoms with Gasteiger partial charge in [-0.05, 0) is 60.8 Å². The van der Waals surface area contributed by atoms with Gasteiger partial charge in [-0.2, -0.15) is 0 Å². The first-order valence-corrected chi connectivity index (χ1v) is 7.42. The lowest BCUT2D eigenvalue weighted by Gasteiger charge is -2.29. The summed E-state index contributed by atoms with van der Waals surface area (Å²) >= 11 is 2.37. The number of nitrogens with two attached hydrogens (primary N) is 1. The maximum atomic E-state index is 5.82. The molecule has 0 saturated heterocycles. The fourth-order valence-electron chi connectivity index (χ4n) is 1.85. The predicted molar refractivity (Wildman–Crippen MR) is 89.2 cm³/mol. The Hall–Kier alpha value is -0.490. The molecular formula is C14H24IN3. The minimum absolute atomic E-state index is 0.653. The standard InChI is InChI=1S/C14H24IN3/c1-11(2)10-18(8-7-17(3)4)14-6-5-12(16)9-13(14)15/h5-6,9,11H,7-8,10,16H2,1-4H3. The molecule has 0 bridgehead atoms. The monoisotopic (exact) mass is 361 g/mol. The largest absolute Gasteiger partial charge is 0.399 e. The second kappa shape index (κ2) is 7.19. The van der Waals surface area contributed by atoms with Crippen LogP contribution in [0.3, 0.4) is 0 Å². The van der Waals surface area contributed by atoms with Crippen molar-refractivity contribution in [2.45, 2.75) is 13.8 Å². The van der Waals surface area contributed by atoms with E-state index >= 15 is 0 Å². The van der Waals surface area contributed by atoms with Crippen molar-refractivity contribution in [3.63, 3.8) is 0 Å². The first-order valence-electron chi connectivity index (χ1n) is 6.35. The molecule has 18 heavy (non-hydrogen) atoms. The number of rotatable bonds is 6. The van der Waals surface area contributed by atoms with E-state index < -0.39 is 0 Å². The van der Waals surface area contributed by atoms with Crippen LogP contribution in [0.1, 0.15) is 13.8 Å². The highest BCUT2D eigenvalue weighted by Gasteiger charge is 2.12. The van der Waals surface area contributed by atoms with Crippen molar-refractivity contribution in [1.82, 2.24) is 4.90 Å². The Morgan fingerprint density at radius 2 is 1.89 bits per heavy atom. The Balaban J connectivity index is 2.86. The van der Waals surface area contributed by atoms with Crippen LogP contribution < -0.4 is 10.6 Å². The van der Waals surface area contributed by atoms with Crippen molar-refractivity contribution in [3.8, 4) is 0 Å². The summed E-state index contributed by atoms with van der Waals surface area (Å²) in [6, 6.07) is 6.16. The molecule has 0 amide bonds. The summed E-state index contributed by atoms with van der Waals surface area (Å²) in [6.45, 7) is 7.70. The van der Waals surface area contributed by atoms with Gasteiger partial charge in [-0.15, -0.1) is 0 Å². The van der Waals surface area contributed by atoms with E-state index in [1.54, 1.807) is 0 Å². The minimum Gasteiger partial charge on any atom is -0.399 e. The quantitative estimate of drug-likeness (QED) is 0.625. The Kier molecular flexibility index (Phi) is 6.21. The molecule has 1 aromatic carbocycles. The van der Waals surface area contributed by atoms with Crippen LogP contribution in [-0.4, -0.2) is 38.6 Å². The molecule has 1 rings (SSSR count). The van der Waals surface area contributed by atoms with Gasteiger partial charge in [-0.25, -0.2) is 0 Å². The van der Waals surface area contributed by atoms with Crippen LogP contribution in [0.5, 0.6) is 0 Å². The van der Waals surface area contributed by atoms with Gasteiger partial charge >= 0.3 is 0 Å². The smallest absolute Gasteiger partial charge is 0.0503 e. The molecule has 1 aromatic rings. The van der Waals surface area contributed by atoms with E-state index in [0.29, 0.717) is 5.92 Å². The van der Waals surface area contributed by atoms with Gasteiger partial charge < -0.3 is 15.5 Å². The SMILES string of the molecule is CC(C)CN(CCN(C)C)c1ccc(N)cc1I. The maximum Gasteiger partial charge on any atom is 0.0503 e. The van der Waals surface area contributed by atoms with Crippen LogP contribution >= 0.6 is 22.6 Å². The van der Waals surface area contributed by atoms with E-state index in [-0.39, 0.29) is 0 Å². The summed E-state index contributed by atoms with van der Waals surface area (Å²) in [5.41, 5.74) is 7.95. The zero-order valence-corrected chi connectivity index (χ0v) is 13.9. The molecule has 3 nitrogen and oxygen atoms in total. The lowest BCUT2D eigenvalue weighted by atomic mass is 10.2. The number of hydrogen-bond donors (Lipinski definition) is 1. The second-order valence-corrected chi connectivity index (χ2v) is 6.52. The van der Waals surface area contributed by atoms with Crippen LogP contribution in [0, 0.1) is 9.49 Å². The molecule has 0 heterocycles. The Bertz CT molecular complexity index is 377. The number of benzene rings is 1. The number of likely N-dealkylation sites (N-methyl/N-ethyl adjacent to an activating group) is 1. The van der Waals surface area contributed by atoms with Crippen molar-refractivity contribution in [2.24, 2.45) is 5.92 Å². The van der Waals surface area contributed by atoms with E-state index in [1.807, 2.05) is 12.1 Å². The fraction of sp³-hybridized carbons (Fsp3) is 0.571. The van der Waals surface area contributed by atoms with Crippen LogP contribution in [0.2, 0.25) is 0 Å². The van der Waals surface area contributed by atoms with E-state index in [0.717, 1.165) is 25.3 Å². The molecule has 2 N–H and O–H groups in total. The molecular weight excluding hydrogens is 337 g/mol. The van der Waals surface area contributed by atoms with Crippen LogP contribution in [0.15, 0.2) is 18.2 Å². The van der Waals surface area contributed by atoms with Gasteiger partial charge in [0.25, 0.3) is 0 Å². The van der Waals surface area contributed by atoms with E-state index in [4.69, 9.17) is 5.73 Å². The van der Waals surface area contributed by atoms with E-state index in [2.05, 4.69) is 66.4 Å². The first-order chi connectivity index (χ1) is 8.40. The highest BCUT2D eigenvalue weighted by molar-refractivity contribution is 14.1. The van der Waals surface area contributed by atoms with Crippen molar-refractivity contribution in [2.75, 3.05) is 44.4 Å². The first kappa shape index (κ1) is 15.6. The molecule has 0 aliphatic rings. The molecule has 0 radical (unpaired) electrons. The molecule has 4 heteroatoms. The molecule has 0 aliphatic carbocycles. The lowest BCUT2D eigenvalue weighted by molar-refractivity contribution is 0.409. The Morgan fingerprint density at radius 1 is 1.22 bits per heavy atom. The molecule has 0 fully saturated rings. The number of nitrogen functional groups attached to an aromatic ring is 1. The van der Waals surface area contributed by atoms with Gasteiger partial charge in [0.1, 0.15) is 0 Å². The van der Waals surface area contributed by atoms with Crippen molar-refractivity contribution in [3.05, 3.63) is 21.8 Å². The molecule has 0 aliphatic heterocycles. The van der Waals surface area contributed by atoms with Crippen LogP contribution in [0.4, 0.5) is 11.4 Å². The third-order valence-corrected chi connectivity index (χ3v) is 3.58. The van der Waals surface area contributed by atoms with E-state index in [9.17, 15) is 0 Å². The van der Waals surface area contributed by atoms with Crippen LogP contribution in [0.25, 0.3) is 0 Å². The molecule has 0 saturated carbocycles. The van der Waals surface area contributed by atoms with Gasteiger partial charge in [0, 0.05) is 28.9 Å². The minimum atomic E-state index is 0.653. The predicted octanol–water partition coefficient (Wildman–Crippen LogP) is 2.90. The third-order valence-electron chi connectivity index (χ3n) is 2.72. The summed E-state index contributed by atoms with van der Waals surface area (Å²) in [7, 11) is 4.23. The number of halogens is 1.